The van der Waals surface area contributed by atoms with Crippen molar-refractivity contribution in [3.8, 4) is 11.3 Å². The molecule has 2 aromatic heterocycles. The molecule has 3 rings (SSSR count). The van der Waals surface area contributed by atoms with Crippen molar-refractivity contribution >= 4 is 5.52 Å². The first-order chi connectivity index (χ1) is 9.05. The van der Waals surface area contributed by atoms with Gasteiger partial charge in [0, 0.05) is 11.7 Å². The van der Waals surface area contributed by atoms with Gasteiger partial charge in [-0.2, -0.15) is 0 Å². The largest absolute Gasteiger partial charge is 0.317 e. The van der Waals surface area contributed by atoms with Crippen molar-refractivity contribution in [2.75, 3.05) is 0 Å². The molecule has 1 nitrogen and oxygen atoms in total. The van der Waals surface area contributed by atoms with E-state index in [4.69, 9.17) is 0 Å². The summed E-state index contributed by atoms with van der Waals surface area (Å²) in [7, 11) is 0. The van der Waals surface area contributed by atoms with E-state index in [2.05, 4.69) is 86.0 Å². The molecular weight excluding hydrogens is 230 g/mol. The number of nitrogens with zero attached hydrogens (tertiary/aromatic N) is 1. The minimum atomic E-state index is 0.208. The van der Waals surface area contributed by atoms with E-state index in [0.29, 0.717) is 0 Å². The SMILES string of the molecule is CC(C)(C)c1ccc(-c2ccc3ccccn23)cc1. The van der Waals surface area contributed by atoms with E-state index in [1.165, 1.54) is 22.3 Å². The Bertz CT molecular complexity index is 696. The number of benzene rings is 1. The lowest BCUT2D eigenvalue weighted by atomic mass is 9.86. The third-order valence-electron chi connectivity index (χ3n) is 3.61. The molecule has 0 unspecified atom stereocenters. The summed E-state index contributed by atoms with van der Waals surface area (Å²) in [5, 5.41) is 0. The predicted molar refractivity (Wildman–Crippen MR) is 81.5 cm³/mol. The Morgan fingerprint density at radius 1 is 0.789 bits per heavy atom. The van der Waals surface area contributed by atoms with Crippen molar-refractivity contribution in [1.29, 1.82) is 0 Å². The molecule has 0 fully saturated rings. The van der Waals surface area contributed by atoms with Crippen LogP contribution in [0.4, 0.5) is 0 Å². The van der Waals surface area contributed by atoms with Gasteiger partial charge in [-0.1, -0.05) is 51.1 Å². The monoisotopic (exact) mass is 249 g/mol. The van der Waals surface area contributed by atoms with Crippen LogP contribution in [0.15, 0.2) is 60.8 Å². The lowest BCUT2D eigenvalue weighted by Gasteiger charge is -2.19. The maximum absolute atomic E-state index is 2.24. The second-order valence-corrected chi connectivity index (χ2v) is 6.04. The number of aromatic nitrogens is 1. The van der Waals surface area contributed by atoms with E-state index in [-0.39, 0.29) is 5.41 Å². The highest BCUT2D eigenvalue weighted by atomic mass is 14.9. The number of fused-ring (bicyclic) bond motifs is 1. The Labute approximate surface area is 114 Å². The van der Waals surface area contributed by atoms with Gasteiger partial charge in [-0.3, -0.25) is 0 Å². The van der Waals surface area contributed by atoms with Crippen LogP contribution in [0.25, 0.3) is 16.8 Å². The minimum absolute atomic E-state index is 0.208. The maximum Gasteiger partial charge on any atom is 0.0528 e. The molecule has 0 radical (unpaired) electrons. The molecule has 1 heteroatoms. The Balaban J connectivity index is 2.07. The molecule has 0 atom stereocenters. The number of rotatable bonds is 1. The molecule has 0 aliphatic rings. The van der Waals surface area contributed by atoms with Crippen LogP contribution in [-0.4, -0.2) is 4.40 Å². The van der Waals surface area contributed by atoms with Gasteiger partial charge in [0.05, 0.1) is 5.69 Å². The van der Waals surface area contributed by atoms with Crippen LogP contribution in [0.1, 0.15) is 26.3 Å². The molecular formula is C18H19N. The lowest BCUT2D eigenvalue weighted by molar-refractivity contribution is 0.590. The average Bonchev–Trinajstić information content (AvgIpc) is 2.82. The molecule has 0 bridgehead atoms. The molecule has 0 aliphatic carbocycles. The summed E-state index contributed by atoms with van der Waals surface area (Å²) in [4.78, 5) is 0. The van der Waals surface area contributed by atoms with Crippen LogP contribution in [-0.2, 0) is 5.41 Å². The molecule has 96 valence electrons. The first kappa shape index (κ1) is 12.0. The second-order valence-electron chi connectivity index (χ2n) is 6.04. The smallest absolute Gasteiger partial charge is 0.0528 e. The van der Waals surface area contributed by atoms with Gasteiger partial charge in [0.1, 0.15) is 0 Å². The number of pyridine rings is 1. The summed E-state index contributed by atoms with van der Waals surface area (Å²) < 4.78 is 2.23. The van der Waals surface area contributed by atoms with Gasteiger partial charge in [-0.15, -0.1) is 0 Å². The van der Waals surface area contributed by atoms with Crippen molar-refractivity contribution in [2.45, 2.75) is 26.2 Å². The highest BCUT2D eigenvalue weighted by molar-refractivity contribution is 5.67. The summed E-state index contributed by atoms with van der Waals surface area (Å²) in [5.74, 6) is 0. The quantitative estimate of drug-likeness (QED) is 0.577. The highest BCUT2D eigenvalue weighted by Gasteiger charge is 2.13. The molecule has 0 saturated carbocycles. The molecule has 0 spiro atoms. The third-order valence-corrected chi connectivity index (χ3v) is 3.61. The van der Waals surface area contributed by atoms with E-state index in [0.717, 1.165) is 0 Å². The number of hydrogen-bond donors (Lipinski definition) is 0. The van der Waals surface area contributed by atoms with Crippen LogP contribution in [0, 0.1) is 0 Å². The van der Waals surface area contributed by atoms with E-state index < -0.39 is 0 Å². The van der Waals surface area contributed by atoms with Crippen LogP contribution >= 0.6 is 0 Å². The third kappa shape index (κ3) is 2.17. The topological polar surface area (TPSA) is 4.41 Å². The Morgan fingerprint density at radius 3 is 2.21 bits per heavy atom. The summed E-state index contributed by atoms with van der Waals surface area (Å²) in [6.07, 6.45) is 2.11. The Hall–Kier alpha value is -2.02. The maximum atomic E-state index is 2.24. The molecule has 3 aromatic rings. The van der Waals surface area contributed by atoms with Gasteiger partial charge in [-0.25, -0.2) is 0 Å². The standard InChI is InChI=1S/C18H19N/c1-18(2,3)15-9-7-14(8-10-15)17-12-11-16-6-4-5-13-19(16)17/h4-13H,1-3H3. The van der Waals surface area contributed by atoms with E-state index in [9.17, 15) is 0 Å². The van der Waals surface area contributed by atoms with Gasteiger partial charge in [-0.05, 0) is 40.8 Å². The zero-order chi connectivity index (χ0) is 13.5. The first-order valence-corrected chi connectivity index (χ1v) is 6.73. The lowest BCUT2D eigenvalue weighted by Crippen LogP contribution is -2.10. The first-order valence-electron chi connectivity index (χ1n) is 6.73. The van der Waals surface area contributed by atoms with Crippen LogP contribution in [0.2, 0.25) is 0 Å². The van der Waals surface area contributed by atoms with E-state index in [1.54, 1.807) is 0 Å². The summed E-state index contributed by atoms with van der Waals surface area (Å²) in [5.41, 5.74) is 5.32. The van der Waals surface area contributed by atoms with E-state index >= 15 is 0 Å². The van der Waals surface area contributed by atoms with Crippen LogP contribution in [0.5, 0.6) is 0 Å². The van der Waals surface area contributed by atoms with Crippen molar-refractivity contribution < 1.29 is 0 Å². The fourth-order valence-corrected chi connectivity index (χ4v) is 2.43. The average molecular weight is 249 g/mol. The summed E-state index contributed by atoms with van der Waals surface area (Å²) in [6.45, 7) is 6.73. The molecule has 2 heterocycles. The van der Waals surface area contributed by atoms with E-state index in [1.807, 2.05) is 0 Å². The van der Waals surface area contributed by atoms with Crippen LogP contribution < -0.4 is 0 Å². The highest BCUT2D eigenvalue weighted by Crippen LogP contribution is 2.27. The van der Waals surface area contributed by atoms with Gasteiger partial charge >= 0.3 is 0 Å². The number of hydrogen-bond acceptors (Lipinski definition) is 0. The van der Waals surface area contributed by atoms with Crippen molar-refractivity contribution in [2.24, 2.45) is 0 Å². The molecule has 0 saturated heterocycles. The fourth-order valence-electron chi connectivity index (χ4n) is 2.43. The minimum Gasteiger partial charge on any atom is -0.317 e. The fraction of sp³-hybridized carbons (Fsp3) is 0.222. The van der Waals surface area contributed by atoms with Crippen molar-refractivity contribution in [3.63, 3.8) is 0 Å². The zero-order valence-electron chi connectivity index (χ0n) is 11.7. The van der Waals surface area contributed by atoms with Crippen LogP contribution in [0.3, 0.4) is 0 Å². The molecule has 0 aliphatic heterocycles. The molecule has 0 amide bonds. The molecule has 0 N–H and O–H groups in total. The van der Waals surface area contributed by atoms with Crippen molar-refractivity contribution in [1.82, 2.24) is 4.40 Å². The summed E-state index contributed by atoms with van der Waals surface area (Å²) in [6, 6.07) is 19.5. The Kier molecular flexibility index (Phi) is 2.70. The molecule has 1 aromatic carbocycles. The van der Waals surface area contributed by atoms with Crippen molar-refractivity contribution in [3.05, 3.63) is 66.4 Å². The molecule has 19 heavy (non-hydrogen) atoms. The predicted octanol–water partition coefficient (Wildman–Crippen LogP) is 4.90. The Morgan fingerprint density at radius 2 is 1.53 bits per heavy atom. The van der Waals surface area contributed by atoms with Gasteiger partial charge in [0.25, 0.3) is 0 Å². The zero-order valence-corrected chi connectivity index (χ0v) is 11.7. The summed E-state index contributed by atoms with van der Waals surface area (Å²) >= 11 is 0. The van der Waals surface area contributed by atoms with Gasteiger partial charge in [0.15, 0.2) is 0 Å². The normalized spacial score (nSPS) is 11.9. The van der Waals surface area contributed by atoms with Gasteiger partial charge < -0.3 is 4.40 Å². The second kappa shape index (κ2) is 4.27. The van der Waals surface area contributed by atoms with Gasteiger partial charge in [0.2, 0.25) is 0 Å².